The highest BCUT2D eigenvalue weighted by atomic mass is 16.7. The molecule has 0 aromatic rings. The highest BCUT2D eigenvalue weighted by molar-refractivity contribution is 5.80. The van der Waals surface area contributed by atoms with Crippen molar-refractivity contribution in [2.75, 3.05) is 13.2 Å². The van der Waals surface area contributed by atoms with E-state index in [1.165, 1.54) is 64.2 Å². The summed E-state index contributed by atoms with van der Waals surface area (Å²) in [4.78, 5) is 26.6. The minimum absolute atomic E-state index is 0.0850. The maximum absolute atomic E-state index is 13.4. The summed E-state index contributed by atoms with van der Waals surface area (Å²) in [5, 5.41) is 57.0. The zero-order valence-corrected chi connectivity index (χ0v) is 51.1. The standard InChI is InChI=1S/C70H117NO10/c1-4-7-10-13-16-19-22-24-26-28-30-31-32-33-34-36-38-40-43-46-49-52-55-58-65(75)81-68-67(77)66(76)64(59-72)80-70(68)79-60-61(62(73)56-53-50-47-44-41-21-18-15-12-9-6-3)71-69(78)63(74)57-54-51-48-45-42-39-37-35-29-27-25-23-20-17-14-11-8-5-2/h7,10,16-17,19-20,24-27,30-31,33-35,37-38,40,53,56,61-64,66-68,70,72-74,76-77H,4-6,8-9,11-15,18,21-23,28-29,32,36,39,41-52,54-55,57-60H2,1-3H3,(H,71,78)/b10-7-,19-16-,20-17-,26-24-,27-25-,31-30-,34-33-,37-35-,40-38-,56-53+. The number of aliphatic hydroxyl groups excluding tert-OH is 5. The summed E-state index contributed by atoms with van der Waals surface area (Å²) in [6, 6.07) is -1.04. The van der Waals surface area contributed by atoms with Crippen LogP contribution in [0.3, 0.4) is 0 Å². The number of unbranched alkanes of at least 4 members (excludes halogenated alkanes) is 21. The number of nitrogens with one attached hydrogen (secondary N) is 1. The van der Waals surface area contributed by atoms with Crippen LogP contribution in [0.1, 0.15) is 245 Å². The van der Waals surface area contributed by atoms with E-state index in [2.05, 4.69) is 135 Å². The van der Waals surface area contributed by atoms with Gasteiger partial charge in [-0.1, -0.05) is 245 Å². The number of rotatable bonds is 53. The summed E-state index contributed by atoms with van der Waals surface area (Å²) in [6.07, 6.45) is 68.0. The van der Waals surface area contributed by atoms with Crippen LogP contribution in [-0.4, -0.2) is 99.6 Å². The molecule has 0 bridgehead atoms. The van der Waals surface area contributed by atoms with E-state index >= 15 is 0 Å². The van der Waals surface area contributed by atoms with Crippen molar-refractivity contribution < 1.29 is 49.3 Å². The Balaban J connectivity index is 2.67. The van der Waals surface area contributed by atoms with Crippen molar-refractivity contribution in [3.05, 3.63) is 122 Å². The summed E-state index contributed by atoms with van der Waals surface area (Å²) in [7, 11) is 0. The molecule has 1 aliphatic rings. The van der Waals surface area contributed by atoms with Gasteiger partial charge in [0.2, 0.25) is 5.91 Å². The molecule has 1 heterocycles. The second-order valence-electron chi connectivity index (χ2n) is 21.8. The summed E-state index contributed by atoms with van der Waals surface area (Å²) in [6.45, 7) is 5.61. The molecule has 11 nitrogen and oxygen atoms in total. The lowest BCUT2D eigenvalue weighted by atomic mass is 9.99. The Labute approximate surface area is 493 Å². The zero-order valence-electron chi connectivity index (χ0n) is 51.1. The Morgan fingerprint density at radius 2 is 0.889 bits per heavy atom. The van der Waals surface area contributed by atoms with E-state index in [1.807, 2.05) is 6.08 Å². The van der Waals surface area contributed by atoms with Crippen molar-refractivity contribution in [2.24, 2.45) is 0 Å². The summed E-state index contributed by atoms with van der Waals surface area (Å²) in [5.74, 6) is -1.24. The molecular formula is C70H117NO10. The molecule has 0 radical (unpaired) electrons. The molecule has 0 aliphatic carbocycles. The zero-order chi connectivity index (χ0) is 58.9. The van der Waals surface area contributed by atoms with Gasteiger partial charge in [-0.2, -0.15) is 0 Å². The van der Waals surface area contributed by atoms with E-state index in [9.17, 15) is 35.1 Å². The lowest BCUT2D eigenvalue weighted by Gasteiger charge is -2.41. The van der Waals surface area contributed by atoms with E-state index in [-0.39, 0.29) is 19.4 Å². The molecule has 0 aromatic carbocycles. The molecule has 1 amide bonds. The molecule has 11 heteroatoms. The highest BCUT2D eigenvalue weighted by Crippen LogP contribution is 2.26. The molecule has 6 N–H and O–H groups in total. The van der Waals surface area contributed by atoms with E-state index in [0.29, 0.717) is 12.8 Å². The number of hydrogen-bond acceptors (Lipinski definition) is 10. The quantitative estimate of drug-likeness (QED) is 0.0195. The van der Waals surface area contributed by atoms with Crippen LogP contribution in [0.5, 0.6) is 0 Å². The predicted octanol–water partition coefficient (Wildman–Crippen LogP) is 15.8. The van der Waals surface area contributed by atoms with Crippen molar-refractivity contribution in [1.82, 2.24) is 5.32 Å². The maximum atomic E-state index is 13.4. The number of ether oxygens (including phenoxy) is 3. The third kappa shape index (κ3) is 44.3. The monoisotopic (exact) mass is 1130 g/mol. The third-order valence-electron chi connectivity index (χ3n) is 14.3. The number of carbonyl (C=O) groups is 2. The molecule has 462 valence electrons. The summed E-state index contributed by atoms with van der Waals surface area (Å²) < 4.78 is 17.6. The molecule has 1 saturated heterocycles. The fourth-order valence-corrected chi connectivity index (χ4v) is 9.25. The van der Waals surface area contributed by atoms with Gasteiger partial charge in [0.25, 0.3) is 0 Å². The minimum Gasteiger partial charge on any atom is -0.454 e. The van der Waals surface area contributed by atoms with Gasteiger partial charge in [0, 0.05) is 6.42 Å². The van der Waals surface area contributed by atoms with Crippen LogP contribution in [-0.2, 0) is 23.8 Å². The predicted molar refractivity (Wildman–Crippen MR) is 338 cm³/mol. The lowest BCUT2D eigenvalue weighted by Crippen LogP contribution is -2.61. The topological polar surface area (TPSA) is 175 Å². The van der Waals surface area contributed by atoms with E-state index in [1.54, 1.807) is 6.08 Å². The van der Waals surface area contributed by atoms with E-state index in [0.717, 1.165) is 135 Å². The van der Waals surface area contributed by atoms with Gasteiger partial charge in [-0.15, -0.1) is 0 Å². The van der Waals surface area contributed by atoms with Crippen LogP contribution in [0, 0.1) is 0 Å². The molecule has 1 fully saturated rings. The Morgan fingerprint density at radius 3 is 1.36 bits per heavy atom. The first-order chi connectivity index (χ1) is 39.7. The molecule has 0 spiro atoms. The smallest absolute Gasteiger partial charge is 0.306 e. The van der Waals surface area contributed by atoms with Crippen molar-refractivity contribution in [3.63, 3.8) is 0 Å². The molecule has 0 saturated carbocycles. The van der Waals surface area contributed by atoms with Gasteiger partial charge in [0.05, 0.1) is 25.4 Å². The first-order valence-corrected chi connectivity index (χ1v) is 32.3. The molecule has 8 atom stereocenters. The number of hydrogen-bond donors (Lipinski definition) is 6. The Hall–Kier alpha value is -3.94. The number of amides is 1. The van der Waals surface area contributed by atoms with Crippen LogP contribution in [0.2, 0.25) is 0 Å². The number of aliphatic hydroxyl groups is 5. The van der Waals surface area contributed by atoms with E-state index < -0.39 is 67.4 Å². The largest absolute Gasteiger partial charge is 0.454 e. The van der Waals surface area contributed by atoms with Crippen molar-refractivity contribution in [1.29, 1.82) is 0 Å². The second-order valence-corrected chi connectivity index (χ2v) is 21.8. The number of carbonyl (C=O) groups excluding carboxylic acids is 2. The molecule has 1 rings (SSSR count). The van der Waals surface area contributed by atoms with Gasteiger partial charge in [-0.05, 0) is 116 Å². The van der Waals surface area contributed by atoms with Crippen LogP contribution in [0.25, 0.3) is 0 Å². The van der Waals surface area contributed by atoms with Crippen molar-refractivity contribution >= 4 is 11.9 Å². The van der Waals surface area contributed by atoms with Crippen LogP contribution < -0.4 is 5.32 Å². The van der Waals surface area contributed by atoms with Gasteiger partial charge in [-0.25, -0.2) is 0 Å². The maximum Gasteiger partial charge on any atom is 0.306 e. The normalized spacial score (nSPS) is 19.5. The van der Waals surface area contributed by atoms with Gasteiger partial charge < -0.3 is 45.1 Å². The van der Waals surface area contributed by atoms with Crippen LogP contribution in [0.4, 0.5) is 0 Å². The van der Waals surface area contributed by atoms with Crippen LogP contribution >= 0.6 is 0 Å². The van der Waals surface area contributed by atoms with Crippen LogP contribution in [0.15, 0.2) is 122 Å². The fourth-order valence-electron chi connectivity index (χ4n) is 9.25. The average Bonchev–Trinajstić information content (AvgIpc) is 3.50. The summed E-state index contributed by atoms with van der Waals surface area (Å²) in [5.41, 5.74) is 0. The second kappa shape index (κ2) is 56.5. The third-order valence-corrected chi connectivity index (χ3v) is 14.3. The minimum atomic E-state index is -1.64. The first-order valence-electron chi connectivity index (χ1n) is 32.3. The average molecular weight is 1130 g/mol. The Morgan fingerprint density at radius 1 is 0.494 bits per heavy atom. The van der Waals surface area contributed by atoms with Crippen molar-refractivity contribution in [2.45, 2.75) is 294 Å². The lowest BCUT2D eigenvalue weighted by molar-refractivity contribution is -0.305. The molecule has 0 aromatic heterocycles. The van der Waals surface area contributed by atoms with Gasteiger partial charge in [-0.3, -0.25) is 9.59 Å². The van der Waals surface area contributed by atoms with Gasteiger partial charge in [0.1, 0.15) is 24.4 Å². The Bertz CT molecular complexity index is 1780. The molecule has 81 heavy (non-hydrogen) atoms. The molecular weight excluding hydrogens is 1010 g/mol. The summed E-state index contributed by atoms with van der Waals surface area (Å²) >= 11 is 0. The number of esters is 1. The molecule has 8 unspecified atom stereocenters. The van der Waals surface area contributed by atoms with Crippen molar-refractivity contribution in [3.8, 4) is 0 Å². The fraction of sp³-hybridized carbons (Fsp3) is 0.686. The number of allylic oxidation sites excluding steroid dienone is 19. The van der Waals surface area contributed by atoms with Gasteiger partial charge in [0.15, 0.2) is 12.4 Å². The van der Waals surface area contributed by atoms with E-state index in [4.69, 9.17) is 14.2 Å². The highest BCUT2D eigenvalue weighted by Gasteiger charge is 2.47. The SMILES string of the molecule is CC/C=C\C/C=C\C/C=C\C/C=C\C/C=C\C/C=C\CCCCCCC(=O)OC1C(OCC(NC(=O)C(O)CCCCCCC/C=C\C/C=C\C/C=C\CCCCC)C(O)/C=C/CCCCCCCCCCC)OC(CO)C(O)C1O. The Kier molecular flexibility index (Phi) is 52.4. The van der Waals surface area contributed by atoms with Gasteiger partial charge >= 0.3 is 5.97 Å². The first kappa shape index (κ1) is 75.1. The molecule has 1 aliphatic heterocycles.